The number of rotatable bonds is 3. The topological polar surface area (TPSA) is 89.8 Å². The molecule has 0 fully saturated rings. The monoisotopic (exact) mass is 407 g/mol. The lowest BCUT2D eigenvalue weighted by Gasteiger charge is -2.04. The van der Waals surface area contributed by atoms with E-state index in [0.717, 1.165) is 9.38 Å². The lowest BCUT2D eigenvalue weighted by molar-refractivity contribution is 0.578. The van der Waals surface area contributed by atoms with E-state index in [1.54, 1.807) is 18.2 Å². The Balaban J connectivity index is 2.01. The average Bonchev–Trinajstić information content (AvgIpc) is 2.91. The van der Waals surface area contributed by atoms with Crippen LogP contribution in [0.4, 0.5) is 5.13 Å². The van der Waals surface area contributed by atoms with Gasteiger partial charge in [0, 0.05) is 12.1 Å². The van der Waals surface area contributed by atoms with Crippen molar-refractivity contribution in [3.8, 4) is 0 Å². The summed E-state index contributed by atoms with van der Waals surface area (Å²) in [6, 6.07) is 5.16. The highest BCUT2D eigenvalue weighted by molar-refractivity contribution is 9.10. The van der Waals surface area contributed by atoms with E-state index in [9.17, 15) is 8.42 Å². The highest BCUT2D eigenvalue weighted by Crippen LogP contribution is 2.30. The van der Waals surface area contributed by atoms with Crippen molar-refractivity contribution in [2.45, 2.75) is 5.03 Å². The van der Waals surface area contributed by atoms with Crippen LogP contribution in [0.25, 0.3) is 10.2 Å². The number of fused-ring (bicyclic) bond motifs is 1. The molecular weight excluding hydrogens is 402 g/mol. The number of thiazole rings is 1. The van der Waals surface area contributed by atoms with Gasteiger partial charge in [-0.2, -0.15) is 8.42 Å². The zero-order chi connectivity index (χ0) is 15.2. The molecule has 0 bridgehead atoms. The minimum atomic E-state index is -3.83. The second kappa shape index (κ2) is 5.20. The second-order valence-corrected chi connectivity index (χ2v) is 7.86. The molecule has 0 aliphatic carbocycles. The smallest absolute Gasteiger partial charge is 0.253 e. The van der Waals surface area contributed by atoms with Gasteiger partial charge in [-0.05, 0) is 34.1 Å². The molecule has 11 heteroatoms. The standard InChI is InChI=1S/C10H7BrClN5O2S2/c1-17-9(8(11)14-16-17)21(18,19)15-10-13-6-3-2-5(12)4-7(6)20-10/h2-4H,1H3,(H,13,15). The molecule has 3 rings (SSSR count). The summed E-state index contributed by atoms with van der Waals surface area (Å²) in [6.07, 6.45) is 0. The lowest BCUT2D eigenvalue weighted by Crippen LogP contribution is -2.17. The molecule has 1 N–H and O–H groups in total. The molecule has 2 aromatic heterocycles. The van der Waals surface area contributed by atoms with Crippen molar-refractivity contribution in [1.82, 2.24) is 20.0 Å². The molecule has 110 valence electrons. The zero-order valence-electron chi connectivity index (χ0n) is 10.4. The summed E-state index contributed by atoms with van der Waals surface area (Å²) in [6.45, 7) is 0. The second-order valence-electron chi connectivity index (χ2n) is 4.05. The summed E-state index contributed by atoms with van der Waals surface area (Å²) in [7, 11) is -2.34. The maximum atomic E-state index is 12.3. The molecule has 0 amide bonds. The van der Waals surface area contributed by atoms with Gasteiger partial charge in [-0.1, -0.05) is 28.2 Å². The van der Waals surface area contributed by atoms with E-state index in [0.29, 0.717) is 10.5 Å². The van der Waals surface area contributed by atoms with E-state index >= 15 is 0 Å². The molecule has 0 aliphatic rings. The summed E-state index contributed by atoms with van der Waals surface area (Å²) in [5, 5.41) is 8.05. The number of halogens is 2. The molecule has 0 saturated heterocycles. The largest absolute Gasteiger partial charge is 0.283 e. The average molecular weight is 409 g/mol. The van der Waals surface area contributed by atoms with Gasteiger partial charge in [0.25, 0.3) is 10.0 Å². The van der Waals surface area contributed by atoms with Gasteiger partial charge < -0.3 is 0 Å². The number of sulfonamides is 1. The minimum absolute atomic E-state index is 0.0696. The molecule has 0 radical (unpaired) electrons. The van der Waals surface area contributed by atoms with Crippen molar-refractivity contribution < 1.29 is 8.42 Å². The van der Waals surface area contributed by atoms with Crippen LogP contribution < -0.4 is 4.72 Å². The molecule has 0 spiro atoms. The van der Waals surface area contributed by atoms with E-state index in [-0.39, 0.29) is 14.8 Å². The van der Waals surface area contributed by atoms with Crippen LogP contribution in [-0.4, -0.2) is 28.4 Å². The Hall–Kier alpha value is -1.23. The van der Waals surface area contributed by atoms with Crippen molar-refractivity contribution in [2.24, 2.45) is 7.05 Å². The number of nitrogens with zero attached hydrogens (tertiary/aromatic N) is 4. The van der Waals surface area contributed by atoms with E-state index in [1.165, 1.54) is 18.4 Å². The quantitative estimate of drug-likeness (QED) is 0.719. The van der Waals surface area contributed by atoms with E-state index < -0.39 is 10.0 Å². The Morgan fingerprint density at radius 2 is 2.19 bits per heavy atom. The molecule has 2 heterocycles. The summed E-state index contributed by atoms with van der Waals surface area (Å²) < 4.78 is 29.2. The van der Waals surface area contributed by atoms with Crippen LogP contribution in [0.3, 0.4) is 0 Å². The van der Waals surface area contributed by atoms with E-state index in [1.807, 2.05) is 0 Å². The number of hydrogen-bond donors (Lipinski definition) is 1. The Morgan fingerprint density at radius 3 is 2.86 bits per heavy atom. The first-order valence-electron chi connectivity index (χ1n) is 5.51. The number of anilines is 1. The lowest BCUT2D eigenvalue weighted by atomic mass is 10.3. The van der Waals surface area contributed by atoms with Crippen LogP contribution in [0, 0.1) is 0 Å². The highest BCUT2D eigenvalue weighted by Gasteiger charge is 2.25. The summed E-state index contributed by atoms with van der Waals surface area (Å²) in [5.74, 6) is 0. The van der Waals surface area contributed by atoms with Crippen LogP contribution in [-0.2, 0) is 17.1 Å². The number of benzene rings is 1. The summed E-state index contributed by atoms with van der Waals surface area (Å²) in [4.78, 5) is 4.21. The first-order chi connectivity index (χ1) is 9.87. The fourth-order valence-electron chi connectivity index (χ4n) is 1.71. The van der Waals surface area contributed by atoms with E-state index in [2.05, 4.69) is 35.9 Å². The third-order valence-electron chi connectivity index (χ3n) is 2.56. The van der Waals surface area contributed by atoms with Crippen molar-refractivity contribution in [3.63, 3.8) is 0 Å². The van der Waals surface area contributed by atoms with Crippen molar-refractivity contribution in [3.05, 3.63) is 27.8 Å². The van der Waals surface area contributed by atoms with Gasteiger partial charge in [0.15, 0.2) is 9.73 Å². The molecular formula is C10H7BrClN5O2S2. The number of nitrogens with one attached hydrogen (secondary N) is 1. The summed E-state index contributed by atoms with van der Waals surface area (Å²) in [5.41, 5.74) is 0.671. The molecule has 7 nitrogen and oxygen atoms in total. The number of aromatic nitrogens is 4. The van der Waals surface area contributed by atoms with Gasteiger partial charge >= 0.3 is 0 Å². The predicted octanol–water partition coefficient (Wildman–Crippen LogP) is 2.64. The van der Waals surface area contributed by atoms with Crippen LogP contribution in [0.1, 0.15) is 0 Å². The Kier molecular flexibility index (Phi) is 3.64. The third kappa shape index (κ3) is 2.76. The molecule has 0 unspecified atom stereocenters. The minimum Gasteiger partial charge on any atom is -0.253 e. The third-order valence-corrected chi connectivity index (χ3v) is 6.09. The Morgan fingerprint density at radius 1 is 1.43 bits per heavy atom. The Bertz CT molecular complexity index is 917. The normalized spacial score (nSPS) is 12.0. The first-order valence-corrected chi connectivity index (χ1v) is 8.98. The van der Waals surface area contributed by atoms with Gasteiger partial charge in [-0.25, -0.2) is 9.67 Å². The van der Waals surface area contributed by atoms with Crippen molar-refractivity contribution in [1.29, 1.82) is 0 Å². The van der Waals surface area contributed by atoms with Gasteiger partial charge in [0.05, 0.1) is 10.2 Å². The highest BCUT2D eigenvalue weighted by atomic mass is 79.9. The van der Waals surface area contributed by atoms with Crippen LogP contribution in [0.2, 0.25) is 5.02 Å². The fraction of sp³-hybridized carbons (Fsp3) is 0.100. The van der Waals surface area contributed by atoms with Gasteiger partial charge in [-0.15, -0.1) is 5.10 Å². The molecule has 3 aromatic rings. The zero-order valence-corrected chi connectivity index (χ0v) is 14.4. The van der Waals surface area contributed by atoms with Crippen LogP contribution in [0.15, 0.2) is 27.8 Å². The fourth-order valence-corrected chi connectivity index (χ4v) is 5.19. The van der Waals surface area contributed by atoms with Gasteiger partial charge in [-0.3, -0.25) is 4.72 Å². The van der Waals surface area contributed by atoms with Gasteiger partial charge in [0.2, 0.25) is 5.03 Å². The van der Waals surface area contributed by atoms with Crippen molar-refractivity contribution >= 4 is 64.2 Å². The maximum Gasteiger partial charge on any atom is 0.283 e. The first kappa shape index (κ1) is 14.7. The predicted molar refractivity (Wildman–Crippen MR) is 84.1 cm³/mol. The maximum absolute atomic E-state index is 12.3. The van der Waals surface area contributed by atoms with Gasteiger partial charge in [0.1, 0.15) is 0 Å². The molecule has 1 aromatic carbocycles. The molecule has 0 atom stereocenters. The number of aryl methyl sites for hydroxylation is 1. The van der Waals surface area contributed by atoms with Crippen LogP contribution in [0.5, 0.6) is 0 Å². The SMILES string of the molecule is Cn1nnc(Br)c1S(=O)(=O)Nc1nc2ccc(Cl)cc2s1. The molecule has 0 aliphatic heterocycles. The molecule has 21 heavy (non-hydrogen) atoms. The Labute approximate surface area is 137 Å². The summed E-state index contributed by atoms with van der Waals surface area (Å²) >= 11 is 10.2. The van der Waals surface area contributed by atoms with Crippen molar-refractivity contribution in [2.75, 3.05) is 4.72 Å². The molecule has 0 saturated carbocycles. The van der Waals surface area contributed by atoms with Crippen LogP contribution >= 0.6 is 38.9 Å². The van der Waals surface area contributed by atoms with E-state index in [4.69, 9.17) is 11.6 Å². The number of hydrogen-bond acceptors (Lipinski definition) is 6.